The number of hydrogen-bond donors (Lipinski definition) is 1. The van der Waals surface area contributed by atoms with Gasteiger partial charge in [0.25, 0.3) is 0 Å². The number of pyridine rings is 1. The van der Waals surface area contributed by atoms with Crippen LogP contribution in [0.5, 0.6) is 0 Å². The van der Waals surface area contributed by atoms with E-state index < -0.39 is 5.97 Å². The fraction of sp³-hybridized carbons (Fsp3) is 0.250. The van der Waals surface area contributed by atoms with Crippen LogP contribution in [0.4, 0.5) is 5.82 Å². The van der Waals surface area contributed by atoms with Crippen molar-refractivity contribution in [2.45, 2.75) is 12.8 Å². The lowest BCUT2D eigenvalue weighted by atomic mass is 9.98. The summed E-state index contributed by atoms with van der Waals surface area (Å²) in [6, 6.07) is 9.76. The molecular formula is C16H16N2O2. The Morgan fingerprint density at radius 1 is 1.40 bits per heavy atom. The van der Waals surface area contributed by atoms with Crippen LogP contribution in [0.1, 0.15) is 11.1 Å². The Morgan fingerprint density at radius 2 is 2.20 bits per heavy atom. The number of benzene rings is 1. The van der Waals surface area contributed by atoms with Crippen LogP contribution in [-0.2, 0) is 17.6 Å². The lowest BCUT2D eigenvalue weighted by Crippen LogP contribution is -2.13. The monoisotopic (exact) mass is 268 g/mol. The minimum atomic E-state index is -0.814. The Labute approximate surface area is 117 Å². The molecule has 0 amide bonds. The van der Waals surface area contributed by atoms with E-state index in [2.05, 4.69) is 16.0 Å². The number of rotatable bonds is 3. The predicted molar refractivity (Wildman–Crippen MR) is 78.0 cm³/mol. The minimum Gasteiger partial charge on any atom is -0.481 e. The van der Waals surface area contributed by atoms with Gasteiger partial charge in [-0.2, -0.15) is 0 Å². The van der Waals surface area contributed by atoms with E-state index in [9.17, 15) is 4.79 Å². The number of carboxylic acid groups (broad SMARTS) is 1. The topological polar surface area (TPSA) is 53.4 Å². The molecule has 1 aromatic heterocycles. The number of anilines is 1. The number of fused-ring (bicyclic) bond motifs is 1. The van der Waals surface area contributed by atoms with Crippen molar-refractivity contribution in [2.75, 3.05) is 18.5 Å². The molecule has 1 aromatic carbocycles. The number of likely N-dealkylation sites (N-methyl/N-ethyl adjacent to an activating group) is 1. The van der Waals surface area contributed by atoms with Crippen LogP contribution < -0.4 is 4.90 Å². The summed E-state index contributed by atoms with van der Waals surface area (Å²) in [5, 5.41) is 9.01. The minimum absolute atomic E-state index is 0.0349. The molecule has 4 heteroatoms. The normalized spacial score (nSPS) is 13.3. The van der Waals surface area contributed by atoms with E-state index in [4.69, 9.17) is 5.11 Å². The van der Waals surface area contributed by atoms with Gasteiger partial charge in [-0.3, -0.25) is 4.79 Å². The molecule has 1 aliphatic rings. The summed E-state index contributed by atoms with van der Waals surface area (Å²) in [6.45, 7) is 0.989. The molecule has 0 aliphatic carbocycles. The Morgan fingerprint density at radius 3 is 3.00 bits per heavy atom. The van der Waals surface area contributed by atoms with E-state index in [-0.39, 0.29) is 6.42 Å². The van der Waals surface area contributed by atoms with Gasteiger partial charge in [-0.1, -0.05) is 24.3 Å². The number of aromatic nitrogens is 1. The van der Waals surface area contributed by atoms with E-state index in [1.54, 1.807) is 0 Å². The third kappa shape index (κ3) is 2.25. The molecule has 102 valence electrons. The van der Waals surface area contributed by atoms with Crippen molar-refractivity contribution >= 4 is 11.8 Å². The van der Waals surface area contributed by atoms with Gasteiger partial charge in [0, 0.05) is 25.4 Å². The Bertz CT molecular complexity index is 667. The molecule has 4 nitrogen and oxygen atoms in total. The van der Waals surface area contributed by atoms with Gasteiger partial charge in [0.05, 0.1) is 6.42 Å². The van der Waals surface area contributed by atoms with Gasteiger partial charge in [-0.05, 0) is 29.2 Å². The van der Waals surface area contributed by atoms with Crippen molar-refractivity contribution in [3.05, 3.63) is 47.7 Å². The highest BCUT2D eigenvalue weighted by atomic mass is 16.4. The van der Waals surface area contributed by atoms with Crippen molar-refractivity contribution in [1.82, 2.24) is 4.98 Å². The van der Waals surface area contributed by atoms with Crippen molar-refractivity contribution < 1.29 is 9.90 Å². The Hall–Kier alpha value is -2.36. The highest BCUT2D eigenvalue weighted by Gasteiger charge is 2.18. The van der Waals surface area contributed by atoms with Crippen LogP contribution in [0, 0.1) is 0 Å². The van der Waals surface area contributed by atoms with Gasteiger partial charge in [-0.15, -0.1) is 0 Å². The number of nitrogens with zero attached hydrogens (tertiary/aromatic N) is 2. The summed E-state index contributed by atoms with van der Waals surface area (Å²) < 4.78 is 0. The van der Waals surface area contributed by atoms with E-state index in [1.165, 1.54) is 5.56 Å². The second-order valence-electron chi connectivity index (χ2n) is 5.11. The van der Waals surface area contributed by atoms with E-state index in [1.807, 2.05) is 37.5 Å². The lowest BCUT2D eigenvalue weighted by Gasteiger charge is -2.12. The third-order valence-electron chi connectivity index (χ3n) is 3.69. The predicted octanol–water partition coefficient (Wildman–Crippen LogP) is 2.37. The number of aliphatic carboxylic acids is 1. The zero-order chi connectivity index (χ0) is 14.1. The standard InChI is InChI=1S/C16H16N2O2/c1-18-7-6-12-8-13(10-17-16(12)18)14-5-3-2-4-11(14)9-15(19)20/h2-5,8,10H,6-7,9H2,1H3,(H,19,20). The maximum atomic E-state index is 11.0. The van der Waals surface area contributed by atoms with Crippen LogP contribution in [0.3, 0.4) is 0 Å². The number of carbonyl (C=O) groups is 1. The molecule has 0 atom stereocenters. The second-order valence-corrected chi connectivity index (χ2v) is 5.11. The molecule has 20 heavy (non-hydrogen) atoms. The molecule has 0 saturated heterocycles. The first-order chi connectivity index (χ1) is 9.65. The highest BCUT2D eigenvalue weighted by Crippen LogP contribution is 2.30. The largest absolute Gasteiger partial charge is 0.481 e. The summed E-state index contributed by atoms with van der Waals surface area (Å²) in [5.41, 5.74) is 4.01. The molecule has 2 aromatic rings. The quantitative estimate of drug-likeness (QED) is 0.928. The maximum Gasteiger partial charge on any atom is 0.307 e. The van der Waals surface area contributed by atoms with Crippen LogP contribution >= 0.6 is 0 Å². The molecule has 2 heterocycles. The van der Waals surface area contributed by atoms with Crippen molar-refractivity contribution in [1.29, 1.82) is 0 Å². The second kappa shape index (κ2) is 4.96. The highest BCUT2D eigenvalue weighted by molar-refractivity contribution is 5.77. The summed E-state index contributed by atoms with van der Waals surface area (Å²) in [6.07, 6.45) is 2.86. The summed E-state index contributed by atoms with van der Waals surface area (Å²) in [7, 11) is 2.04. The first-order valence-corrected chi connectivity index (χ1v) is 6.65. The Balaban J connectivity index is 2.04. The molecule has 0 bridgehead atoms. The zero-order valence-electron chi connectivity index (χ0n) is 11.3. The Kier molecular flexibility index (Phi) is 3.14. The fourth-order valence-electron chi connectivity index (χ4n) is 2.69. The van der Waals surface area contributed by atoms with Crippen molar-refractivity contribution in [3.8, 4) is 11.1 Å². The molecular weight excluding hydrogens is 252 g/mol. The van der Waals surface area contributed by atoms with Gasteiger partial charge in [0.1, 0.15) is 5.82 Å². The lowest BCUT2D eigenvalue weighted by molar-refractivity contribution is -0.136. The molecule has 0 spiro atoms. The van der Waals surface area contributed by atoms with Gasteiger partial charge in [-0.25, -0.2) is 4.98 Å². The van der Waals surface area contributed by atoms with Gasteiger partial charge < -0.3 is 10.0 Å². The number of carboxylic acids is 1. The molecule has 0 unspecified atom stereocenters. The molecule has 0 fully saturated rings. The molecule has 0 radical (unpaired) electrons. The van der Waals surface area contributed by atoms with Crippen molar-refractivity contribution in [3.63, 3.8) is 0 Å². The number of hydrogen-bond acceptors (Lipinski definition) is 3. The van der Waals surface area contributed by atoms with Crippen LogP contribution in [0.15, 0.2) is 36.5 Å². The van der Waals surface area contributed by atoms with Crippen LogP contribution in [-0.4, -0.2) is 29.7 Å². The average Bonchev–Trinajstić information content (AvgIpc) is 2.80. The zero-order valence-corrected chi connectivity index (χ0v) is 11.3. The van der Waals surface area contributed by atoms with E-state index in [0.29, 0.717) is 0 Å². The van der Waals surface area contributed by atoms with Crippen molar-refractivity contribution in [2.24, 2.45) is 0 Å². The summed E-state index contributed by atoms with van der Waals surface area (Å²) in [5.74, 6) is 0.218. The smallest absolute Gasteiger partial charge is 0.307 e. The first kappa shape index (κ1) is 12.7. The van der Waals surface area contributed by atoms with Crippen LogP contribution in [0.2, 0.25) is 0 Å². The average molecular weight is 268 g/mol. The van der Waals surface area contributed by atoms with E-state index in [0.717, 1.165) is 35.5 Å². The van der Waals surface area contributed by atoms with Gasteiger partial charge >= 0.3 is 5.97 Å². The molecule has 0 saturated carbocycles. The summed E-state index contributed by atoms with van der Waals surface area (Å²) in [4.78, 5) is 17.6. The fourth-order valence-corrected chi connectivity index (χ4v) is 2.69. The molecule has 1 N–H and O–H groups in total. The summed E-state index contributed by atoms with van der Waals surface area (Å²) >= 11 is 0. The van der Waals surface area contributed by atoms with E-state index >= 15 is 0 Å². The van der Waals surface area contributed by atoms with Gasteiger partial charge in [0.2, 0.25) is 0 Å². The first-order valence-electron chi connectivity index (χ1n) is 6.65. The molecule has 1 aliphatic heterocycles. The maximum absolute atomic E-state index is 11.0. The molecule has 3 rings (SSSR count). The third-order valence-corrected chi connectivity index (χ3v) is 3.69. The van der Waals surface area contributed by atoms with Crippen LogP contribution in [0.25, 0.3) is 11.1 Å². The SMILES string of the molecule is CN1CCc2cc(-c3ccccc3CC(=O)O)cnc21. The van der Waals surface area contributed by atoms with Gasteiger partial charge in [0.15, 0.2) is 0 Å².